The molecule has 2 aliphatic rings. The van der Waals surface area contributed by atoms with E-state index in [0.29, 0.717) is 19.7 Å². The highest BCUT2D eigenvalue weighted by atomic mass is 16.5. The van der Waals surface area contributed by atoms with E-state index in [1.165, 1.54) is 0 Å². The number of carbonyl (C=O) groups excluding carboxylic acids is 1. The number of amides is 1. The van der Waals surface area contributed by atoms with Gasteiger partial charge < -0.3 is 19.5 Å². The number of hydrogen-bond donors (Lipinski definition) is 1. The summed E-state index contributed by atoms with van der Waals surface area (Å²) < 4.78 is 7.65. The molecule has 1 fully saturated rings. The number of fused-ring (bicyclic) bond motifs is 1. The highest BCUT2D eigenvalue weighted by Crippen LogP contribution is 2.19. The van der Waals surface area contributed by atoms with Crippen LogP contribution >= 0.6 is 0 Å². The van der Waals surface area contributed by atoms with Crippen molar-refractivity contribution in [3.63, 3.8) is 0 Å². The van der Waals surface area contributed by atoms with Crippen LogP contribution in [0.25, 0.3) is 0 Å². The lowest BCUT2D eigenvalue weighted by Crippen LogP contribution is -2.43. The first-order chi connectivity index (χ1) is 11.8. The molecule has 24 heavy (non-hydrogen) atoms. The van der Waals surface area contributed by atoms with E-state index < -0.39 is 0 Å². The summed E-state index contributed by atoms with van der Waals surface area (Å²) in [5.74, 6) is 1.87. The van der Waals surface area contributed by atoms with Gasteiger partial charge in [-0.15, -0.1) is 0 Å². The molecule has 2 aromatic heterocycles. The summed E-state index contributed by atoms with van der Waals surface area (Å²) in [5, 5.41) is 3.26. The van der Waals surface area contributed by atoms with Gasteiger partial charge in [0.25, 0.3) is 5.91 Å². The molecule has 7 heteroatoms. The van der Waals surface area contributed by atoms with E-state index in [1.807, 2.05) is 23.1 Å². The molecular formula is C17H21N5O2. The van der Waals surface area contributed by atoms with E-state index in [9.17, 15) is 4.79 Å². The largest absolute Gasteiger partial charge is 0.368 e. The van der Waals surface area contributed by atoms with Crippen LogP contribution in [0, 0.1) is 0 Å². The molecule has 1 saturated heterocycles. The maximum atomic E-state index is 12.5. The van der Waals surface area contributed by atoms with Crippen molar-refractivity contribution in [2.24, 2.45) is 0 Å². The average Bonchev–Trinajstić information content (AvgIpc) is 3.29. The quantitative estimate of drug-likeness (QED) is 0.919. The number of nitrogens with zero attached hydrogens (tertiary/aromatic N) is 4. The Morgan fingerprint density at radius 3 is 3.12 bits per heavy atom. The maximum absolute atomic E-state index is 12.5. The maximum Gasteiger partial charge on any atom is 0.252 e. The number of aromatic nitrogens is 3. The molecule has 0 bridgehead atoms. The molecule has 2 aliphatic heterocycles. The van der Waals surface area contributed by atoms with Crippen LogP contribution in [0.15, 0.2) is 30.6 Å². The van der Waals surface area contributed by atoms with Crippen molar-refractivity contribution >= 4 is 11.7 Å². The van der Waals surface area contributed by atoms with E-state index in [0.717, 1.165) is 43.3 Å². The third kappa shape index (κ3) is 3.12. The van der Waals surface area contributed by atoms with Gasteiger partial charge in [-0.2, -0.15) is 0 Å². The second-order valence-electron chi connectivity index (χ2n) is 6.17. The molecular weight excluding hydrogens is 306 g/mol. The van der Waals surface area contributed by atoms with Crippen LogP contribution < -0.4 is 5.32 Å². The lowest BCUT2D eigenvalue weighted by atomic mass is 10.2. The van der Waals surface area contributed by atoms with E-state index >= 15 is 0 Å². The molecule has 126 valence electrons. The molecule has 1 atom stereocenters. The predicted octanol–water partition coefficient (Wildman–Crippen LogP) is 1.41. The first-order valence-corrected chi connectivity index (χ1v) is 8.40. The molecule has 1 amide bonds. The zero-order valence-electron chi connectivity index (χ0n) is 13.5. The number of nitrogens with one attached hydrogen (secondary N) is 1. The van der Waals surface area contributed by atoms with Crippen molar-refractivity contribution in [2.75, 3.05) is 18.5 Å². The Kier molecular flexibility index (Phi) is 4.17. The molecule has 1 unspecified atom stereocenters. The standard InChI is InChI=1S/C17H21N5O2/c23-17(14-4-3-9-24-14)22-8-7-21-11-13(20-16(21)12-22)10-19-15-5-1-2-6-18-15/h1-2,5-6,11,14H,3-4,7-10,12H2,(H,18,19). The monoisotopic (exact) mass is 327 g/mol. The molecule has 0 saturated carbocycles. The predicted molar refractivity (Wildman–Crippen MR) is 88.2 cm³/mol. The Labute approximate surface area is 140 Å². The SMILES string of the molecule is O=C(C1CCCO1)N1CCn2cc(CNc3ccccn3)nc2C1. The number of carbonyl (C=O) groups is 1. The Hall–Kier alpha value is -2.41. The minimum Gasteiger partial charge on any atom is -0.368 e. The summed E-state index contributed by atoms with van der Waals surface area (Å²) in [7, 11) is 0. The molecule has 7 nitrogen and oxygen atoms in total. The fraction of sp³-hybridized carbons (Fsp3) is 0.471. The van der Waals surface area contributed by atoms with Crippen LogP contribution in [0.1, 0.15) is 24.4 Å². The third-order valence-electron chi connectivity index (χ3n) is 4.48. The van der Waals surface area contributed by atoms with Gasteiger partial charge in [0.15, 0.2) is 0 Å². The third-order valence-corrected chi connectivity index (χ3v) is 4.48. The van der Waals surface area contributed by atoms with Gasteiger partial charge in [-0.05, 0) is 25.0 Å². The second kappa shape index (κ2) is 6.60. The zero-order chi connectivity index (χ0) is 16.4. The van der Waals surface area contributed by atoms with Crippen LogP contribution in [0.2, 0.25) is 0 Å². The van der Waals surface area contributed by atoms with Gasteiger partial charge in [0.05, 0.1) is 18.8 Å². The summed E-state index contributed by atoms with van der Waals surface area (Å²) in [6, 6.07) is 5.76. The molecule has 0 aromatic carbocycles. The number of rotatable bonds is 4. The van der Waals surface area contributed by atoms with Crippen LogP contribution in [-0.4, -0.2) is 44.6 Å². The summed E-state index contributed by atoms with van der Waals surface area (Å²) in [6.07, 6.45) is 5.37. The lowest BCUT2D eigenvalue weighted by molar-refractivity contribution is -0.142. The van der Waals surface area contributed by atoms with Crippen LogP contribution in [0.4, 0.5) is 5.82 Å². The summed E-state index contributed by atoms with van der Waals surface area (Å²) in [6.45, 7) is 3.38. The summed E-state index contributed by atoms with van der Waals surface area (Å²) >= 11 is 0. The van der Waals surface area contributed by atoms with Gasteiger partial charge in [-0.3, -0.25) is 4.79 Å². The van der Waals surface area contributed by atoms with Crippen LogP contribution in [0.5, 0.6) is 0 Å². The summed E-state index contributed by atoms with van der Waals surface area (Å²) in [4.78, 5) is 23.2. The topological polar surface area (TPSA) is 72.3 Å². The Morgan fingerprint density at radius 1 is 1.38 bits per heavy atom. The van der Waals surface area contributed by atoms with E-state index in [2.05, 4.69) is 26.0 Å². The Bertz CT molecular complexity index is 709. The number of imidazole rings is 1. The first-order valence-electron chi connectivity index (χ1n) is 8.40. The smallest absolute Gasteiger partial charge is 0.252 e. The number of ether oxygens (including phenoxy) is 1. The zero-order valence-corrected chi connectivity index (χ0v) is 13.5. The Morgan fingerprint density at radius 2 is 2.33 bits per heavy atom. The molecule has 4 rings (SSSR count). The number of anilines is 1. The highest BCUT2D eigenvalue weighted by Gasteiger charge is 2.30. The van der Waals surface area contributed by atoms with Gasteiger partial charge in [0, 0.05) is 32.1 Å². The first kappa shape index (κ1) is 15.1. The number of pyridine rings is 1. The average molecular weight is 327 g/mol. The van der Waals surface area contributed by atoms with Crippen LogP contribution in [-0.2, 0) is 29.2 Å². The highest BCUT2D eigenvalue weighted by molar-refractivity contribution is 5.81. The molecule has 0 radical (unpaired) electrons. The molecule has 2 aromatic rings. The van der Waals surface area contributed by atoms with E-state index in [-0.39, 0.29) is 12.0 Å². The van der Waals surface area contributed by atoms with Crippen molar-refractivity contribution in [2.45, 2.75) is 38.6 Å². The van der Waals surface area contributed by atoms with Crippen molar-refractivity contribution in [1.29, 1.82) is 0 Å². The molecule has 0 aliphatic carbocycles. The summed E-state index contributed by atoms with van der Waals surface area (Å²) in [5.41, 5.74) is 0.960. The van der Waals surface area contributed by atoms with Crippen LogP contribution in [0.3, 0.4) is 0 Å². The lowest BCUT2D eigenvalue weighted by Gasteiger charge is -2.29. The Balaban J connectivity index is 1.39. The minimum atomic E-state index is -0.253. The van der Waals surface area contributed by atoms with Gasteiger partial charge in [0.2, 0.25) is 0 Å². The van der Waals surface area contributed by atoms with Gasteiger partial charge in [-0.25, -0.2) is 9.97 Å². The van der Waals surface area contributed by atoms with E-state index in [1.54, 1.807) is 6.20 Å². The van der Waals surface area contributed by atoms with Crippen molar-refractivity contribution < 1.29 is 9.53 Å². The van der Waals surface area contributed by atoms with Crippen molar-refractivity contribution in [1.82, 2.24) is 19.4 Å². The fourth-order valence-corrected chi connectivity index (χ4v) is 3.21. The minimum absolute atomic E-state index is 0.106. The fourth-order valence-electron chi connectivity index (χ4n) is 3.21. The van der Waals surface area contributed by atoms with Gasteiger partial charge in [0.1, 0.15) is 17.7 Å². The van der Waals surface area contributed by atoms with Gasteiger partial charge in [-0.1, -0.05) is 6.07 Å². The van der Waals surface area contributed by atoms with Crippen molar-refractivity contribution in [3.8, 4) is 0 Å². The van der Waals surface area contributed by atoms with Crippen molar-refractivity contribution in [3.05, 3.63) is 42.1 Å². The van der Waals surface area contributed by atoms with E-state index in [4.69, 9.17) is 4.74 Å². The molecule has 4 heterocycles. The normalized spacial score (nSPS) is 20.0. The molecule has 1 N–H and O–H groups in total. The number of hydrogen-bond acceptors (Lipinski definition) is 5. The molecule has 0 spiro atoms. The second-order valence-corrected chi connectivity index (χ2v) is 6.17. The van der Waals surface area contributed by atoms with Gasteiger partial charge >= 0.3 is 0 Å².